The molecule has 0 fully saturated rings. The van der Waals surface area contributed by atoms with E-state index in [-0.39, 0.29) is 5.97 Å². The van der Waals surface area contributed by atoms with E-state index in [1.807, 2.05) is 13.0 Å². The topological polar surface area (TPSA) is 61.8 Å². The minimum absolute atomic E-state index is 0.259. The number of rotatable bonds is 7. The number of aldehydes is 1. The number of ether oxygens (including phenoxy) is 3. The van der Waals surface area contributed by atoms with Crippen molar-refractivity contribution in [1.82, 2.24) is 0 Å². The van der Waals surface area contributed by atoms with E-state index in [0.717, 1.165) is 17.4 Å². The second kappa shape index (κ2) is 8.09. The summed E-state index contributed by atoms with van der Waals surface area (Å²) in [4.78, 5) is 22.3. The van der Waals surface area contributed by atoms with Crippen LogP contribution >= 0.6 is 0 Å². The summed E-state index contributed by atoms with van der Waals surface area (Å²) < 4.78 is 15.0. The molecule has 21 heavy (non-hydrogen) atoms. The zero-order valence-corrected chi connectivity index (χ0v) is 12.8. The fourth-order valence-corrected chi connectivity index (χ4v) is 1.88. The fraction of sp³-hybridized carbons (Fsp3) is 0.375. The standard InChI is InChI=1S/C16H20O5/c1-11(5-6-16(18)21-4)7-12-8-14(19-2)15(20-3)9-13(12)10-17/h7-10H,5-6H2,1-4H3/b11-7+. The van der Waals surface area contributed by atoms with E-state index < -0.39 is 0 Å². The van der Waals surface area contributed by atoms with Crippen molar-refractivity contribution in [3.8, 4) is 11.5 Å². The summed E-state index contributed by atoms with van der Waals surface area (Å²) in [6.07, 6.45) is 3.50. The third-order valence-corrected chi connectivity index (χ3v) is 3.07. The molecule has 0 N–H and O–H groups in total. The molecule has 5 heteroatoms. The van der Waals surface area contributed by atoms with Gasteiger partial charge in [-0.15, -0.1) is 0 Å². The smallest absolute Gasteiger partial charge is 0.305 e. The summed E-state index contributed by atoms with van der Waals surface area (Å²) in [7, 11) is 4.42. The SMILES string of the molecule is COC(=O)CC/C(C)=C/c1cc(OC)c(OC)cc1C=O. The lowest BCUT2D eigenvalue weighted by Gasteiger charge is -2.11. The van der Waals surface area contributed by atoms with Gasteiger partial charge in [0, 0.05) is 12.0 Å². The van der Waals surface area contributed by atoms with Gasteiger partial charge in [-0.05, 0) is 31.0 Å². The zero-order chi connectivity index (χ0) is 15.8. The van der Waals surface area contributed by atoms with E-state index in [9.17, 15) is 9.59 Å². The molecule has 0 spiro atoms. The van der Waals surface area contributed by atoms with Crippen molar-refractivity contribution in [3.63, 3.8) is 0 Å². The lowest BCUT2D eigenvalue weighted by atomic mass is 10.0. The van der Waals surface area contributed by atoms with Crippen LogP contribution in [0.15, 0.2) is 17.7 Å². The Kier molecular flexibility index (Phi) is 6.46. The van der Waals surface area contributed by atoms with Gasteiger partial charge in [0.25, 0.3) is 0 Å². The second-order valence-corrected chi connectivity index (χ2v) is 4.52. The molecule has 1 rings (SSSR count). The fourth-order valence-electron chi connectivity index (χ4n) is 1.88. The minimum Gasteiger partial charge on any atom is -0.493 e. The van der Waals surface area contributed by atoms with E-state index in [0.29, 0.717) is 29.9 Å². The number of hydrogen-bond donors (Lipinski definition) is 0. The van der Waals surface area contributed by atoms with E-state index >= 15 is 0 Å². The Morgan fingerprint density at radius 1 is 1.05 bits per heavy atom. The molecule has 0 saturated carbocycles. The van der Waals surface area contributed by atoms with Crippen LogP contribution in [0.3, 0.4) is 0 Å². The van der Waals surface area contributed by atoms with Gasteiger partial charge in [-0.1, -0.05) is 11.6 Å². The highest BCUT2D eigenvalue weighted by atomic mass is 16.5. The lowest BCUT2D eigenvalue weighted by molar-refractivity contribution is -0.140. The van der Waals surface area contributed by atoms with Gasteiger partial charge in [0.05, 0.1) is 21.3 Å². The van der Waals surface area contributed by atoms with Crippen molar-refractivity contribution in [2.75, 3.05) is 21.3 Å². The van der Waals surface area contributed by atoms with E-state index in [1.165, 1.54) is 21.3 Å². The number of benzene rings is 1. The van der Waals surface area contributed by atoms with Crippen LogP contribution in [0.5, 0.6) is 11.5 Å². The molecule has 0 aliphatic rings. The third-order valence-electron chi connectivity index (χ3n) is 3.07. The van der Waals surface area contributed by atoms with Gasteiger partial charge in [-0.3, -0.25) is 9.59 Å². The van der Waals surface area contributed by atoms with Gasteiger partial charge in [0.15, 0.2) is 17.8 Å². The Bertz CT molecular complexity index is 546. The van der Waals surface area contributed by atoms with Crippen molar-refractivity contribution in [2.45, 2.75) is 19.8 Å². The third kappa shape index (κ3) is 4.63. The van der Waals surface area contributed by atoms with Gasteiger partial charge in [-0.25, -0.2) is 0 Å². The van der Waals surface area contributed by atoms with Crippen molar-refractivity contribution in [2.24, 2.45) is 0 Å². The lowest BCUT2D eigenvalue weighted by Crippen LogP contribution is -2.00. The maximum absolute atomic E-state index is 11.2. The van der Waals surface area contributed by atoms with E-state index in [1.54, 1.807) is 12.1 Å². The van der Waals surface area contributed by atoms with Crippen LogP contribution in [0.2, 0.25) is 0 Å². The highest BCUT2D eigenvalue weighted by Crippen LogP contribution is 2.31. The number of carbonyl (C=O) groups excluding carboxylic acids is 2. The van der Waals surface area contributed by atoms with Crippen molar-refractivity contribution in [1.29, 1.82) is 0 Å². The maximum atomic E-state index is 11.2. The summed E-state index contributed by atoms with van der Waals surface area (Å²) in [5.74, 6) is 0.796. The Hall–Kier alpha value is -2.30. The molecule has 0 aliphatic carbocycles. The molecule has 0 saturated heterocycles. The molecule has 1 aromatic rings. The Labute approximate surface area is 124 Å². The Morgan fingerprint density at radius 2 is 1.62 bits per heavy atom. The monoisotopic (exact) mass is 292 g/mol. The van der Waals surface area contributed by atoms with Crippen LogP contribution in [0.25, 0.3) is 6.08 Å². The first-order valence-electron chi connectivity index (χ1n) is 6.50. The van der Waals surface area contributed by atoms with Crippen LogP contribution in [-0.2, 0) is 9.53 Å². The van der Waals surface area contributed by atoms with Crippen LogP contribution in [0.4, 0.5) is 0 Å². The molecule has 0 aromatic heterocycles. The van der Waals surface area contributed by atoms with Crippen LogP contribution in [0, 0.1) is 0 Å². The van der Waals surface area contributed by atoms with Gasteiger partial charge in [-0.2, -0.15) is 0 Å². The highest BCUT2D eigenvalue weighted by Gasteiger charge is 2.10. The molecule has 0 aliphatic heterocycles. The van der Waals surface area contributed by atoms with Gasteiger partial charge in [0.2, 0.25) is 0 Å². The van der Waals surface area contributed by atoms with Crippen LogP contribution in [0.1, 0.15) is 35.7 Å². The predicted octanol–water partition coefficient (Wildman–Crippen LogP) is 2.87. The quantitative estimate of drug-likeness (QED) is 0.571. The molecule has 114 valence electrons. The molecular weight excluding hydrogens is 272 g/mol. The molecule has 0 bridgehead atoms. The first-order valence-corrected chi connectivity index (χ1v) is 6.50. The normalized spacial score (nSPS) is 11.0. The van der Waals surface area contributed by atoms with Crippen molar-refractivity contribution < 1.29 is 23.8 Å². The largest absolute Gasteiger partial charge is 0.493 e. The first-order chi connectivity index (χ1) is 10.0. The zero-order valence-electron chi connectivity index (χ0n) is 12.8. The van der Waals surface area contributed by atoms with Crippen molar-refractivity contribution in [3.05, 3.63) is 28.8 Å². The maximum Gasteiger partial charge on any atom is 0.305 e. The van der Waals surface area contributed by atoms with Gasteiger partial charge in [0.1, 0.15) is 0 Å². The van der Waals surface area contributed by atoms with Crippen LogP contribution < -0.4 is 9.47 Å². The number of methoxy groups -OCH3 is 3. The van der Waals surface area contributed by atoms with Crippen molar-refractivity contribution >= 4 is 18.3 Å². The summed E-state index contributed by atoms with van der Waals surface area (Å²) >= 11 is 0. The highest BCUT2D eigenvalue weighted by molar-refractivity contribution is 5.84. The summed E-state index contributed by atoms with van der Waals surface area (Å²) in [6.45, 7) is 1.90. The van der Waals surface area contributed by atoms with Gasteiger partial charge < -0.3 is 14.2 Å². The molecule has 0 radical (unpaired) electrons. The number of carbonyl (C=O) groups is 2. The molecule has 0 unspecified atom stereocenters. The Morgan fingerprint density at radius 3 is 2.10 bits per heavy atom. The second-order valence-electron chi connectivity index (χ2n) is 4.52. The van der Waals surface area contributed by atoms with Gasteiger partial charge >= 0.3 is 5.97 Å². The number of hydrogen-bond acceptors (Lipinski definition) is 5. The summed E-state index contributed by atoms with van der Waals surface area (Å²) in [5, 5.41) is 0. The summed E-state index contributed by atoms with van der Waals surface area (Å²) in [6, 6.07) is 3.37. The first kappa shape index (κ1) is 16.8. The number of allylic oxidation sites excluding steroid dienone is 1. The van der Waals surface area contributed by atoms with Crippen LogP contribution in [-0.4, -0.2) is 33.6 Å². The molecular formula is C16H20O5. The molecule has 0 amide bonds. The summed E-state index contributed by atoms with van der Waals surface area (Å²) in [5.41, 5.74) is 2.20. The molecule has 1 aromatic carbocycles. The average Bonchev–Trinajstić information content (AvgIpc) is 2.51. The molecule has 0 heterocycles. The number of esters is 1. The average molecular weight is 292 g/mol. The van der Waals surface area contributed by atoms with E-state index in [4.69, 9.17) is 9.47 Å². The minimum atomic E-state index is -0.259. The van der Waals surface area contributed by atoms with E-state index in [2.05, 4.69) is 4.74 Å². The predicted molar refractivity (Wildman–Crippen MR) is 79.8 cm³/mol. The molecule has 0 atom stereocenters. The Balaban J connectivity index is 3.05. The molecule has 5 nitrogen and oxygen atoms in total.